The smallest absolute Gasteiger partial charge is 0.224 e. The molecule has 164 valence electrons. The number of guanidine groups is 1. The highest BCUT2D eigenvalue weighted by molar-refractivity contribution is 14.0. The molecule has 0 saturated carbocycles. The zero-order chi connectivity index (χ0) is 20.5. The summed E-state index contributed by atoms with van der Waals surface area (Å²) in [7, 11) is 1.74. The SMILES string of the molecule is CN=C(NCCC(=O)N1CCCC(C)C1)NCc1ccc(C)cc1OC(C)C.I. The van der Waals surface area contributed by atoms with Crippen molar-refractivity contribution in [2.45, 2.75) is 59.6 Å². The van der Waals surface area contributed by atoms with Crippen LogP contribution in [-0.2, 0) is 11.3 Å². The van der Waals surface area contributed by atoms with Gasteiger partial charge in [0.15, 0.2) is 5.96 Å². The van der Waals surface area contributed by atoms with Crippen LogP contribution in [0.15, 0.2) is 23.2 Å². The van der Waals surface area contributed by atoms with Gasteiger partial charge in [-0.2, -0.15) is 0 Å². The molecule has 1 unspecified atom stereocenters. The highest BCUT2D eigenvalue weighted by atomic mass is 127. The molecule has 1 saturated heterocycles. The Morgan fingerprint density at radius 1 is 1.34 bits per heavy atom. The Morgan fingerprint density at radius 2 is 2.10 bits per heavy atom. The van der Waals surface area contributed by atoms with Gasteiger partial charge in [0.25, 0.3) is 0 Å². The van der Waals surface area contributed by atoms with Crippen LogP contribution in [-0.4, -0.2) is 49.6 Å². The molecule has 2 N–H and O–H groups in total. The van der Waals surface area contributed by atoms with Gasteiger partial charge < -0.3 is 20.3 Å². The van der Waals surface area contributed by atoms with E-state index in [1.165, 1.54) is 12.0 Å². The van der Waals surface area contributed by atoms with Crippen LogP contribution in [0.4, 0.5) is 0 Å². The lowest BCUT2D eigenvalue weighted by molar-refractivity contribution is -0.132. The van der Waals surface area contributed by atoms with E-state index in [1.54, 1.807) is 7.05 Å². The van der Waals surface area contributed by atoms with E-state index in [-0.39, 0.29) is 36.0 Å². The Morgan fingerprint density at radius 3 is 2.76 bits per heavy atom. The number of piperidine rings is 1. The third kappa shape index (κ3) is 8.80. The van der Waals surface area contributed by atoms with Crippen LogP contribution in [0.3, 0.4) is 0 Å². The molecule has 1 heterocycles. The summed E-state index contributed by atoms with van der Waals surface area (Å²) in [6.45, 7) is 11.3. The van der Waals surface area contributed by atoms with Crippen LogP contribution < -0.4 is 15.4 Å². The summed E-state index contributed by atoms with van der Waals surface area (Å²) in [5, 5.41) is 6.56. The van der Waals surface area contributed by atoms with Gasteiger partial charge in [-0.3, -0.25) is 9.79 Å². The van der Waals surface area contributed by atoms with Crippen molar-refractivity contribution in [3.63, 3.8) is 0 Å². The molecular weight excluding hydrogens is 479 g/mol. The number of rotatable bonds is 7. The van der Waals surface area contributed by atoms with Gasteiger partial charge in [-0.05, 0) is 51.2 Å². The summed E-state index contributed by atoms with van der Waals surface area (Å²) in [6, 6.07) is 6.22. The molecule has 0 spiro atoms. The van der Waals surface area contributed by atoms with Gasteiger partial charge in [-0.25, -0.2) is 0 Å². The molecule has 1 aromatic rings. The van der Waals surface area contributed by atoms with Gasteiger partial charge >= 0.3 is 0 Å². The second kappa shape index (κ2) is 12.9. The fourth-order valence-corrected chi connectivity index (χ4v) is 3.43. The Labute approximate surface area is 192 Å². The molecule has 1 aromatic carbocycles. The van der Waals surface area contributed by atoms with Gasteiger partial charge in [0.05, 0.1) is 6.10 Å². The Balaban J connectivity index is 0.00000420. The zero-order valence-corrected chi connectivity index (χ0v) is 20.8. The van der Waals surface area contributed by atoms with Gasteiger partial charge in [-0.15, -0.1) is 24.0 Å². The summed E-state index contributed by atoms with van der Waals surface area (Å²) >= 11 is 0. The zero-order valence-electron chi connectivity index (χ0n) is 18.5. The minimum Gasteiger partial charge on any atom is -0.491 e. The highest BCUT2D eigenvalue weighted by Crippen LogP contribution is 2.21. The largest absolute Gasteiger partial charge is 0.491 e. The number of amides is 1. The number of hydrogen-bond donors (Lipinski definition) is 2. The molecule has 0 aliphatic carbocycles. The van der Waals surface area contributed by atoms with Gasteiger partial charge in [0.2, 0.25) is 5.91 Å². The van der Waals surface area contributed by atoms with Crippen molar-refractivity contribution in [2.75, 3.05) is 26.7 Å². The average Bonchev–Trinajstić information content (AvgIpc) is 2.65. The van der Waals surface area contributed by atoms with Gasteiger partial charge in [0.1, 0.15) is 5.75 Å². The fraction of sp³-hybridized carbons (Fsp3) is 0.636. The number of aryl methyl sites for hydroxylation is 1. The number of likely N-dealkylation sites (tertiary alicyclic amines) is 1. The summed E-state index contributed by atoms with van der Waals surface area (Å²) in [4.78, 5) is 18.6. The molecule has 6 nitrogen and oxygen atoms in total. The monoisotopic (exact) mass is 516 g/mol. The predicted octanol–water partition coefficient (Wildman–Crippen LogP) is 3.71. The summed E-state index contributed by atoms with van der Waals surface area (Å²) in [6.07, 6.45) is 2.95. The minimum absolute atomic E-state index is 0. The number of hydrogen-bond acceptors (Lipinski definition) is 3. The maximum atomic E-state index is 12.4. The molecule has 2 rings (SSSR count). The highest BCUT2D eigenvalue weighted by Gasteiger charge is 2.20. The van der Waals surface area contributed by atoms with Gasteiger partial charge in [-0.1, -0.05) is 19.1 Å². The number of ether oxygens (including phenoxy) is 1. The molecule has 1 amide bonds. The Kier molecular flexibility index (Phi) is 11.4. The molecule has 0 radical (unpaired) electrons. The maximum Gasteiger partial charge on any atom is 0.224 e. The fourth-order valence-electron chi connectivity index (χ4n) is 3.43. The molecular formula is C22H37IN4O2. The summed E-state index contributed by atoms with van der Waals surface area (Å²) in [5.41, 5.74) is 2.26. The average molecular weight is 516 g/mol. The molecule has 1 fully saturated rings. The number of halogens is 1. The first kappa shape index (κ1) is 25.5. The van der Waals surface area contributed by atoms with E-state index in [0.29, 0.717) is 31.4 Å². The lowest BCUT2D eigenvalue weighted by Gasteiger charge is -2.31. The first-order valence-electron chi connectivity index (χ1n) is 10.4. The van der Waals surface area contributed by atoms with E-state index in [9.17, 15) is 4.79 Å². The molecule has 29 heavy (non-hydrogen) atoms. The van der Waals surface area contributed by atoms with E-state index < -0.39 is 0 Å². The minimum atomic E-state index is 0. The second-order valence-electron chi connectivity index (χ2n) is 7.97. The van der Waals surface area contributed by atoms with Crippen molar-refractivity contribution in [2.24, 2.45) is 10.9 Å². The van der Waals surface area contributed by atoms with Crippen LogP contribution in [0, 0.1) is 12.8 Å². The topological polar surface area (TPSA) is 66.0 Å². The first-order chi connectivity index (χ1) is 13.4. The number of nitrogens with one attached hydrogen (secondary N) is 2. The number of carbonyl (C=O) groups is 1. The van der Waals surface area contributed by atoms with Crippen molar-refractivity contribution in [3.8, 4) is 5.75 Å². The second-order valence-corrected chi connectivity index (χ2v) is 7.97. The quantitative estimate of drug-likeness (QED) is 0.330. The van der Waals surface area contributed by atoms with Crippen LogP contribution in [0.5, 0.6) is 5.75 Å². The van der Waals surface area contributed by atoms with E-state index in [0.717, 1.165) is 30.8 Å². The standard InChI is InChI=1S/C22H36N4O2.HI/c1-16(2)28-20-13-17(3)8-9-19(20)14-25-22(23-5)24-11-10-21(27)26-12-6-7-18(4)15-26;/h8-9,13,16,18H,6-7,10-12,14-15H2,1-5H3,(H2,23,24,25);1H. The van der Waals surface area contributed by atoms with E-state index in [2.05, 4.69) is 47.7 Å². The number of benzene rings is 1. The van der Waals surface area contributed by atoms with Crippen molar-refractivity contribution >= 4 is 35.8 Å². The summed E-state index contributed by atoms with van der Waals surface area (Å²) in [5.74, 6) is 2.42. The van der Waals surface area contributed by atoms with E-state index in [1.807, 2.05) is 18.7 Å². The maximum absolute atomic E-state index is 12.4. The third-order valence-corrected chi connectivity index (χ3v) is 4.90. The number of aliphatic imine (C=N–C) groups is 1. The molecule has 1 atom stereocenters. The molecule has 1 aliphatic rings. The number of carbonyl (C=O) groups excluding carboxylic acids is 1. The molecule has 0 aromatic heterocycles. The molecule has 1 aliphatic heterocycles. The van der Waals surface area contributed by atoms with Crippen LogP contribution in [0.25, 0.3) is 0 Å². The molecule has 7 heteroatoms. The molecule has 0 bridgehead atoms. The van der Waals surface area contributed by atoms with Crippen LogP contribution >= 0.6 is 24.0 Å². The normalized spacial score (nSPS) is 17.0. The van der Waals surface area contributed by atoms with Crippen molar-refractivity contribution in [3.05, 3.63) is 29.3 Å². The summed E-state index contributed by atoms with van der Waals surface area (Å²) < 4.78 is 5.93. The Bertz CT molecular complexity index is 679. The predicted molar refractivity (Wildman–Crippen MR) is 130 cm³/mol. The first-order valence-corrected chi connectivity index (χ1v) is 10.4. The van der Waals surface area contributed by atoms with Gasteiger partial charge in [0, 0.05) is 45.2 Å². The number of nitrogens with zero attached hydrogens (tertiary/aromatic N) is 2. The third-order valence-electron chi connectivity index (χ3n) is 4.90. The van der Waals surface area contributed by atoms with E-state index >= 15 is 0 Å². The van der Waals surface area contributed by atoms with Crippen molar-refractivity contribution < 1.29 is 9.53 Å². The Hall–Kier alpha value is -1.51. The van der Waals surface area contributed by atoms with E-state index in [4.69, 9.17) is 4.74 Å². The van der Waals surface area contributed by atoms with Crippen LogP contribution in [0.2, 0.25) is 0 Å². The lowest BCUT2D eigenvalue weighted by atomic mass is 10.00. The lowest BCUT2D eigenvalue weighted by Crippen LogP contribution is -2.42. The van der Waals surface area contributed by atoms with Crippen molar-refractivity contribution in [1.82, 2.24) is 15.5 Å². The van der Waals surface area contributed by atoms with Crippen molar-refractivity contribution in [1.29, 1.82) is 0 Å². The van der Waals surface area contributed by atoms with Crippen LogP contribution in [0.1, 0.15) is 51.2 Å².